The molecule has 1 aromatic rings. The molecule has 0 saturated carbocycles. The number of hydrogen-bond acceptors (Lipinski definition) is 5. The second-order valence-electron chi connectivity index (χ2n) is 3.02. The predicted octanol–water partition coefficient (Wildman–Crippen LogP) is 0.159. The maximum Gasteiger partial charge on any atom is 0.356 e. The van der Waals surface area contributed by atoms with Gasteiger partial charge >= 0.3 is 5.97 Å². The van der Waals surface area contributed by atoms with E-state index in [0.29, 0.717) is 18.9 Å². The number of anilines is 1. The van der Waals surface area contributed by atoms with E-state index in [0.717, 1.165) is 0 Å². The fraction of sp³-hybridized carbons (Fsp3) is 0.300. The van der Waals surface area contributed by atoms with Gasteiger partial charge in [-0.1, -0.05) is 6.08 Å². The van der Waals surface area contributed by atoms with Crippen LogP contribution in [-0.4, -0.2) is 45.8 Å². The van der Waals surface area contributed by atoms with E-state index in [9.17, 15) is 4.79 Å². The molecule has 0 amide bonds. The molecule has 0 radical (unpaired) electrons. The SMILES string of the molecule is C=CCN(CCO)c1cnc(C(=O)O)cn1. The number of carbonyl (C=O) groups is 1. The Balaban J connectivity index is 2.84. The topological polar surface area (TPSA) is 86.5 Å². The molecule has 86 valence electrons. The molecule has 2 N–H and O–H groups in total. The first-order valence-electron chi connectivity index (χ1n) is 4.71. The van der Waals surface area contributed by atoms with Crippen molar-refractivity contribution < 1.29 is 15.0 Å². The number of aromatic nitrogens is 2. The van der Waals surface area contributed by atoms with Gasteiger partial charge < -0.3 is 15.1 Å². The van der Waals surface area contributed by atoms with Crippen molar-refractivity contribution in [3.8, 4) is 0 Å². The summed E-state index contributed by atoms with van der Waals surface area (Å²) in [5.41, 5.74) is -0.105. The smallest absolute Gasteiger partial charge is 0.356 e. The second-order valence-corrected chi connectivity index (χ2v) is 3.02. The molecule has 6 heteroatoms. The van der Waals surface area contributed by atoms with Gasteiger partial charge in [0.25, 0.3) is 0 Å². The molecule has 0 aliphatic heterocycles. The maximum atomic E-state index is 10.6. The zero-order chi connectivity index (χ0) is 12.0. The van der Waals surface area contributed by atoms with Gasteiger partial charge in [0.2, 0.25) is 0 Å². The third-order valence-electron chi connectivity index (χ3n) is 1.90. The number of aromatic carboxylic acids is 1. The van der Waals surface area contributed by atoms with Crippen LogP contribution in [-0.2, 0) is 0 Å². The van der Waals surface area contributed by atoms with Crippen LogP contribution < -0.4 is 4.90 Å². The van der Waals surface area contributed by atoms with Crippen molar-refractivity contribution in [2.75, 3.05) is 24.6 Å². The summed E-state index contributed by atoms with van der Waals surface area (Å²) in [6, 6.07) is 0. The Kier molecular flexibility index (Phi) is 4.41. The molecule has 0 saturated heterocycles. The normalized spacial score (nSPS) is 9.81. The van der Waals surface area contributed by atoms with Crippen molar-refractivity contribution in [2.45, 2.75) is 0 Å². The number of nitrogens with zero attached hydrogens (tertiary/aromatic N) is 3. The standard InChI is InChI=1S/C10H13N3O3/c1-2-3-13(4-5-14)9-7-11-8(6-12-9)10(15)16/h2,6-7,14H,1,3-5H2,(H,15,16). The lowest BCUT2D eigenvalue weighted by molar-refractivity contribution is 0.0690. The van der Waals surface area contributed by atoms with Crippen LogP contribution in [0.4, 0.5) is 5.82 Å². The highest BCUT2D eigenvalue weighted by atomic mass is 16.4. The molecule has 0 bridgehead atoms. The highest BCUT2D eigenvalue weighted by Crippen LogP contribution is 2.08. The molecule has 0 unspecified atom stereocenters. The summed E-state index contributed by atoms with van der Waals surface area (Å²) in [5.74, 6) is -0.601. The number of carboxylic acids is 1. The molecular formula is C10H13N3O3. The summed E-state index contributed by atoms with van der Waals surface area (Å²) in [7, 11) is 0. The second kappa shape index (κ2) is 5.82. The summed E-state index contributed by atoms with van der Waals surface area (Å²) < 4.78 is 0. The van der Waals surface area contributed by atoms with Gasteiger partial charge in [-0.05, 0) is 0 Å². The average Bonchev–Trinajstić information content (AvgIpc) is 2.29. The number of carboxylic acid groups (broad SMARTS) is 1. The monoisotopic (exact) mass is 223 g/mol. The van der Waals surface area contributed by atoms with E-state index in [1.165, 1.54) is 12.4 Å². The van der Waals surface area contributed by atoms with E-state index >= 15 is 0 Å². The van der Waals surface area contributed by atoms with Crippen molar-refractivity contribution >= 4 is 11.8 Å². The van der Waals surface area contributed by atoms with Gasteiger partial charge in [0.15, 0.2) is 5.69 Å². The number of aliphatic hydroxyl groups is 1. The molecule has 0 aliphatic carbocycles. The van der Waals surface area contributed by atoms with Crippen molar-refractivity contribution in [1.29, 1.82) is 0 Å². The van der Waals surface area contributed by atoms with Gasteiger partial charge in [-0.15, -0.1) is 6.58 Å². The Morgan fingerprint density at radius 2 is 2.25 bits per heavy atom. The molecule has 0 aliphatic rings. The van der Waals surface area contributed by atoms with Crippen LogP contribution in [0.5, 0.6) is 0 Å². The fourth-order valence-electron chi connectivity index (χ4n) is 1.17. The minimum absolute atomic E-state index is 0.0177. The Hall–Kier alpha value is -1.95. The van der Waals surface area contributed by atoms with Gasteiger partial charge in [0, 0.05) is 13.1 Å². The van der Waals surface area contributed by atoms with Gasteiger partial charge in [-0.2, -0.15) is 0 Å². The quantitative estimate of drug-likeness (QED) is 0.668. The highest BCUT2D eigenvalue weighted by molar-refractivity contribution is 5.84. The average molecular weight is 223 g/mol. The molecule has 0 spiro atoms. The lowest BCUT2D eigenvalue weighted by atomic mass is 10.4. The minimum atomic E-state index is -1.11. The molecule has 1 aromatic heterocycles. The van der Waals surface area contributed by atoms with Crippen LogP contribution in [0.25, 0.3) is 0 Å². The van der Waals surface area contributed by atoms with Crippen molar-refractivity contribution in [1.82, 2.24) is 9.97 Å². The molecule has 0 aromatic carbocycles. The number of hydrogen-bond donors (Lipinski definition) is 2. The molecule has 0 atom stereocenters. The third-order valence-corrected chi connectivity index (χ3v) is 1.90. The van der Waals surface area contributed by atoms with Gasteiger partial charge in [0.1, 0.15) is 5.82 Å². The van der Waals surface area contributed by atoms with Crippen LogP contribution >= 0.6 is 0 Å². The number of rotatable bonds is 6. The first-order chi connectivity index (χ1) is 7.69. The zero-order valence-electron chi connectivity index (χ0n) is 8.70. The van der Waals surface area contributed by atoms with Crippen molar-refractivity contribution in [2.24, 2.45) is 0 Å². The van der Waals surface area contributed by atoms with E-state index in [1.54, 1.807) is 11.0 Å². The Morgan fingerprint density at radius 3 is 2.69 bits per heavy atom. The van der Waals surface area contributed by atoms with Crippen molar-refractivity contribution in [3.63, 3.8) is 0 Å². The van der Waals surface area contributed by atoms with Crippen molar-refractivity contribution in [3.05, 3.63) is 30.7 Å². The Bertz CT molecular complexity index is 364. The first kappa shape index (κ1) is 12.1. The first-order valence-corrected chi connectivity index (χ1v) is 4.71. The third kappa shape index (κ3) is 3.03. The maximum absolute atomic E-state index is 10.6. The zero-order valence-corrected chi connectivity index (χ0v) is 8.70. The summed E-state index contributed by atoms with van der Waals surface area (Å²) in [6.07, 6.45) is 4.22. The van der Waals surface area contributed by atoms with Crippen LogP contribution in [0, 0.1) is 0 Å². The summed E-state index contributed by atoms with van der Waals surface area (Å²) in [4.78, 5) is 20.0. The van der Waals surface area contributed by atoms with E-state index in [-0.39, 0.29) is 12.3 Å². The largest absolute Gasteiger partial charge is 0.476 e. The predicted molar refractivity (Wildman–Crippen MR) is 58.5 cm³/mol. The Labute approximate surface area is 92.9 Å². The lowest BCUT2D eigenvalue weighted by Gasteiger charge is -2.20. The summed E-state index contributed by atoms with van der Waals surface area (Å²) in [5, 5.41) is 17.5. The van der Waals surface area contributed by atoms with Gasteiger partial charge in [-0.25, -0.2) is 14.8 Å². The summed E-state index contributed by atoms with van der Waals surface area (Å²) >= 11 is 0. The molecule has 1 rings (SSSR count). The highest BCUT2D eigenvalue weighted by Gasteiger charge is 2.09. The molecule has 16 heavy (non-hydrogen) atoms. The molecule has 0 fully saturated rings. The minimum Gasteiger partial charge on any atom is -0.476 e. The van der Waals surface area contributed by atoms with Gasteiger partial charge in [0.05, 0.1) is 19.0 Å². The fourth-order valence-corrected chi connectivity index (χ4v) is 1.17. The molecule has 6 nitrogen and oxygen atoms in total. The Morgan fingerprint density at radius 1 is 1.50 bits per heavy atom. The molecular weight excluding hydrogens is 210 g/mol. The van der Waals surface area contributed by atoms with E-state index < -0.39 is 5.97 Å². The van der Waals surface area contributed by atoms with Crippen LogP contribution in [0.15, 0.2) is 25.0 Å². The van der Waals surface area contributed by atoms with E-state index in [2.05, 4.69) is 16.5 Å². The van der Waals surface area contributed by atoms with E-state index in [1.807, 2.05) is 0 Å². The summed E-state index contributed by atoms with van der Waals surface area (Å²) in [6.45, 7) is 4.48. The number of aliphatic hydroxyl groups excluding tert-OH is 1. The van der Waals surface area contributed by atoms with Crippen LogP contribution in [0.2, 0.25) is 0 Å². The van der Waals surface area contributed by atoms with Crippen LogP contribution in [0.1, 0.15) is 10.5 Å². The molecule has 1 heterocycles. The van der Waals surface area contributed by atoms with E-state index in [4.69, 9.17) is 10.2 Å². The van der Waals surface area contributed by atoms with Gasteiger partial charge in [-0.3, -0.25) is 0 Å². The van der Waals surface area contributed by atoms with Crippen LogP contribution in [0.3, 0.4) is 0 Å². The lowest BCUT2D eigenvalue weighted by Crippen LogP contribution is -2.27.